The number of fused-ring (bicyclic) bond motifs is 1. The molecule has 26 heavy (non-hydrogen) atoms. The summed E-state index contributed by atoms with van der Waals surface area (Å²) in [4.78, 5) is 2.53. The van der Waals surface area contributed by atoms with Gasteiger partial charge in [0.2, 0.25) is 0 Å². The number of hydrogen-bond donors (Lipinski definition) is 0. The first-order chi connectivity index (χ1) is 12.8. The van der Waals surface area contributed by atoms with E-state index in [-0.39, 0.29) is 0 Å². The number of ether oxygens (including phenoxy) is 2. The first-order valence-electron chi connectivity index (χ1n) is 9.60. The zero-order valence-electron chi connectivity index (χ0n) is 15.5. The SMILES string of the molecule is Cn1nnc2c1[C@H](COCc1ccccc1)CN(CC1CCOCC1)C2. The van der Waals surface area contributed by atoms with E-state index in [0.29, 0.717) is 19.1 Å². The van der Waals surface area contributed by atoms with Gasteiger partial charge in [-0.2, -0.15) is 0 Å². The molecule has 0 unspecified atom stereocenters. The third-order valence-corrected chi connectivity index (χ3v) is 5.47. The molecule has 1 aromatic heterocycles. The lowest BCUT2D eigenvalue weighted by atomic mass is 9.95. The minimum Gasteiger partial charge on any atom is -0.381 e. The lowest BCUT2D eigenvalue weighted by Gasteiger charge is -2.35. The minimum absolute atomic E-state index is 0.322. The average Bonchev–Trinajstić information content (AvgIpc) is 3.04. The number of benzene rings is 1. The Balaban J connectivity index is 1.39. The summed E-state index contributed by atoms with van der Waals surface area (Å²) in [5, 5.41) is 8.67. The Hall–Kier alpha value is -1.76. The Labute approximate surface area is 155 Å². The van der Waals surface area contributed by atoms with E-state index >= 15 is 0 Å². The fourth-order valence-electron chi connectivity index (χ4n) is 4.15. The lowest BCUT2D eigenvalue weighted by Crippen LogP contribution is -2.40. The Morgan fingerprint density at radius 3 is 2.81 bits per heavy atom. The quantitative estimate of drug-likeness (QED) is 0.795. The van der Waals surface area contributed by atoms with Crippen LogP contribution in [0.15, 0.2) is 30.3 Å². The zero-order chi connectivity index (χ0) is 17.8. The van der Waals surface area contributed by atoms with Crippen LogP contribution < -0.4 is 0 Å². The van der Waals surface area contributed by atoms with Gasteiger partial charge in [0.05, 0.1) is 18.9 Å². The summed E-state index contributed by atoms with van der Waals surface area (Å²) < 4.78 is 13.5. The van der Waals surface area contributed by atoms with Crippen LogP contribution >= 0.6 is 0 Å². The highest BCUT2D eigenvalue weighted by atomic mass is 16.5. The van der Waals surface area contributed by atoms with E-state index in [1.807, 2.05) is 17.8 Å². The highest BCUT2D eigenvalue weighted by molar-refractivity contribution is 5.20. The molecular weight excluding hydrogens is 328 g/mol. The summed E-state index contributed by atoms with van der Waals surface area (Å²) in [6.07, 6.45) is 2.33. The first kappa shape index (κ1) is 17.6. The summed E-state index contributed by atoms with van der Waals surface area (Å²) in [5.41, 5.74) is 3.56. The molecule has 1 saturated heterocycles. The third-order valence-electron chi connectivity index (χ3n) is 5.47. The average molecular weight is 356 g/mol. The second-order valence-electron chi connectivity index (χ2n) is 7.49. The molecule has 6 heteroatoms. The fourth-order valence-corrected chi connectivity index (χ4v) is 4.15. The summed E-state index contributed by atoms with van der Waals surface area (Å²) >= 11 is 0. The van der Waals surface area contributed by atoms with Crippen molar-refractivity contribution in [2.45, 2.75) is 31.9 Å². The number of nitrogens with zero attached hydrogens (tertiary/aromatic N) is 4. The van der Waals surface area contributed by atoms with Crippen molar-refractivity contribution in [1.82, 2.24) is 19.9 Å². The van der Waals surface area contributed by atoms with Crippen LogP contribution in [0.2, 0.25) is 0 Å². The molecule has 2 aromatic rings. The van der Waals surface area contributed by atoms with Crippen LogP contribution in [-0.2, 0) is 29.7 Å². The molecule has 0 bridgehead atoms. The van der Waals surface area contributed by atoms with Crippen LogP contribution in [-0.4, -0.2) is 52.8 Å². The maximum absolute atomic E-state index is 6.06. The minimum atomic E-state index is 0.322. The smallest absolute Gasteiger partial charge is 0.100 e. The number of hydrogen-bond acceptors (Lipinski definition) is 5. The van der Waals surface area contributed by atoms with Crippen molar-refractivity contribution in [3.63, 3.8) is 0 Å². The molecule has 2 aliphatic rings. The molecule has 0 N–H and O–H groups in total. The van der Waals surface area contributed by atoms with Crippen LogP contribution in [0.3, 0.4) is 0 Å². The van der Waals surface area contributed by atoms with E-state index in [1.54, 1.807) is 0 Å². The molecule has 140 valence electrons. The Kier molecular flexibility index (Phi) is 5.62. The van der Waals surface area contributed by atoms with Crippen molar-refractivity contribution < 1.29 is 9.47 Å². The van der Waals surface area contributed by atoms with E-state index in [0.717, 1.165) is 44.5 Å². The van der Waals surface area contributed by atoms with E-state index in [9.17, 15) is 0 Å². The van der Waals surface area contributed by atoms with Crippen LogP contribution in [0.4, 0.5) is 0 Å². The van der Waals surface area contributed by atoms with Gasteiger partial charge in [-0.05, 0) is 24.3 Å². The predicted octanol–water partition coefficient (Wildman–Crippen LogP) is 2.36. The van der Waals surface area contributed by atoms with Crippen molar-refractivity contribution in [3.05, 3.63) is 47.3 Å². The van der Waals surface area contributed by atoms with Crippen LogP contribution in [0, 0.1) is 5.92 Å². The normalized spacial score (nSPS) is 21.7. The summed E-state index contributed by atoms with van der Waals surface area (Å²) in [6, 6.07) is 10.4. The van der Waals surface area contributed by atoms with Gasteiger partial charge in [0.1, 0.15) is 5.69 Å². The topological polar surface area (TPSA) is 52.4 Å². The van der Waals surface area contributed by atoms with E-state index in [4.69, 9.17) is 9.47 Å². The summed E-state index contributed by atoms with van der Waals surface area (Å²) in [7, 11) is 1.99. The Morgan fingerprint density at radius 2 is 2.00 bits per heavy atom. The van der Waals surface area contributed by atoms with Crippen molar-refractivity contribution in [1.29, 1.82) is 0 Å². The second-order valence-corrected chi connectivity index (χ2v) is 7.49. The lowest BCUT2D eigenvalue weighted by molar-refractivity contribution is 0.0417. The van der Waals surface area contributed by atoms with Gasteiger partial charge in [0.15, 0.2) is 0 Å². The van der Waals surface area contributed by atoms with Gasteiger partial charge in [0, 0.05) is 45.8 Å². The molecule has 6 nitrogen and oxygen atoms in total. The molecule has 0 radical (unpaired) electrons. The van der Waals surface area contributed by atoms with Crippen LogP contribution in [0.5, 0.6) is 0 Å². The Bertz CT molecular complexity index is 697. The molecule has 1 atom stereocenters. The highest BCUT2D eigenvalue weighted by Gasteiger charge is 2.31. The maximum Gasteiger partial charge on any atom is 0.100 e. The summed E-state index contributed by atoms with van der Waals surface area (Å²) in [6.45, 7) is 6.19. The van der Waals surface area contributed by atoms with Crippen molar-refractivity contribution in [2.24, 2.45) is 13.0 Å². The predicted molar refractivity (Wildman–Crippen MR) is 98.7 cm³/mol. The molecule has 0 spiro atoms. The molecule has 2 aliphatic heterocycles. The van der Waals surface area contributed by atoms with Crippen LogP contribution in [0.25, 0.3) is 0 Å². The van der Waals surface area contributed by atoms with Gasteiger partial charge < -0.3 is 9.47 Å². The van der Waals surface area contributed by atoms with E-state index in [1.165, 1.54) is 24.1 Å². The van der Waals surface area contributed by atoms with E-state index < -0.39 is 0 Å². The standard InChI is InChI=1S/C20H28N4O2/c1-23-20-18(15-26-14-17-5-3-2-4-6-17)12-24(13-19(20)21-22-23)11-16-7-9-25-10-8-16/h2-6,16,18H,7-15H2,1H3/t18-/m0/s1. The zero-order valence-corrected chi connectivity index (χ0v) is 15.5. The summed E-state index contributed by atoms with van der Waals surface area (Å²) in [5.74, 6) is 1.05. The highest BCUT2D eigenvalue weighted by Crippen LogP contribution is 2.29. The molecular formula is C20H28N4O2. The van der Waals surface area contributed by atoms with E-state index in [2.05, 4.69) is 39.5 Å². The first-order valence-corrected chi connectivity index (χ1v) is 9.60. The van der Waals surface area contributed by atoms with Gasteiger partial charge in [0.25, 0.3) is 0 Å². The van der Waals surface area contributed by atoms with Gasteiger partial charge in [-0.3, -0.25) is 9.58 Å². The number of rotatable bonds is 6. The van der Waals surface area contributed by atoms with Crippen molar-refractivity contribution in [2.75, 3.05) is 32.9 Å². The van der Waals surface area contributed by atoms with Crippen molar-refractivity contribution >= 4 is 0 Å². The Morgan fingerprint density at radius 1 is 1.19 bits per heavy atom. The van der Waals surface area contributed by atoms with Gasteiger partial charge in [-0.15, -0.1) is 5.10 Å². The van der Waals surface area contributed by atoms with Crippen molar-refractivity contribution in [3.8, 4) is 0 Å². The molecule has 0 amide bonds. The third kappa shape index (κ3) is 4.14. The monoisotopic (exact) mass is 356 g/mol. The largest absolute Gasteiger partial charge is 0.381 e. The molecule has 1 aromatic carbocycles. The van der Waals surface area contributed by atoms with Gasteiger partial charge >= 0.3 is 0 Å². The molecule has 0 saturated carbocycles. The van der Waals surface area contributed by atoms with Gasteiger partial charge in [-0.1, -0.05) is 35.5 Å². The maximum atomic E-state index is 6.06. The molecule has 4 rings (SSSR count). The number of aromatic nitrogens is 3. The number of aryl methyl sites for hydroxylation is 1. The molecule has 0 aliphatic carbocycles. The van der Waals surface area contributed by atoms with Crippen LogP contribution in [0.1, 0.15) is 35.7 Å². The second kappa shape index (κ2) is 8.29. The fraction of sp³-hybridized carbons (Fsp3) is 0.600. The molecule has 1 fully saturated rings. The molecule has 3 heterocycles. The van der Waals surface area contributed by atoms with Gasteiger partial charge in [-0.25, -0.2) is 0 Å².